The summed E-state index contributed by atoms with van der Waals surface area (Å²) in [6.45, 7) is 11.7. The van der Waals surface area contributed by atoms with Gasteiger partial charge in [-0.15, -0.1) is 0 Å². The molecular weight excluding hydrogens is 136 g/mol. The molecule has 11 heavy (non-hydrogen) atoms. The molecule has 1 aliphatic heterocycles. The quantitative estimate of drug-likeness (QED) is 0.652. The van der Waals surface area contributed by atoms with Crippen molar-refractivity contribution >= 4 is 0 Å². The van der Waals surface area contributed by atoms with Crippen molar-refractivity contribution in [2.45, 2.75) is 32.7 Å². The minimum Gasteiger partial charge on any atom is -0.314 e. The Morgan fingerprint density at radius 3 is 2.36 bits per heavy atom. The number of rotatable bonds is 2. The van der Waals surface area contributed by atoms with Gasteiger partial charge in [-0.3, -0.25) is 4.90 Å². The van der Waals surface area contributed by atoms with Gasteiger partial charge in [-0.2, -0.15) is 0 Å². The van der Waals surface area contributed by atoms with Crippen LogP contribution >= 0.6 is 0 Å². The molecule has 68 valence electrons. The van der Waals surface area contributed by atoms with Crippen LogP contribution in [0.4, 0.5) is 0 Å². The standard InChI is InChI=1S/C9H20N2.H2/c1-4-9(2,3)11-7-5-10-6-8-11;/h10H,4-8H2,1-3H3;1H. The molecule has 1 fully saturated rings. The highest BCUT2D eigenvalue weighted by Crippen LogP contribution is 2.17. The SMILES string of the molecule is CCC(C)(C)N1CCNCC1.[HH]. The summed E-state index contributed by atoms with van der Waals surface area (Å²) in [5.74, 6) is 0. The molecule has 0 atom stereocenters. The molecule has 0 bridgehead atoms. The molecule has 1 rings (SSSR count). The summed E-state index contributed by atoms with van der Waals surface area (Å²) in [5, 5.41) is 3.37. The van der Waals surface area contributed by atoms with Gasteiger partial charge in [0.05, 0.1) is 0 Å². The van der Waals surface area contributed by atoms with E-state index in [1.807, 2.05) is 0 Å². The minimum atomic E-state index is 0. The Balaban J connectivity index is 0.00000121. The summed E-state index contributed by atoms with van der Waals surface area (Å²) in [6, 6.07) is 0. The lowest BCUT2D eigenvalue weighted by atomic mass is 9.98. The van der Waals surface area contributed by atoms with Gasteiger partial charge in [0, 0.05) is 33.1 Å². The molecule has 1 saturated heterocycles. The fraction of sp³-hybridized carbons (Fsp3) is 1.00. The third-order valence-corrected chi connectivity index (χ3v) is 2.84. The minimum absolute atomic E-state index is 0. The van der Waals surface area contributed by atoms with Gasteiger partial charge in [-0.25, -0.2) is 0 Å². The first-order valence-electron chi connectivity index (χ1n) is 4.62. The van der Waals surface area contributed by atoms with Crippen LogP contribution in [-0.2, 0) is 0 Å². The predicted octanol–water partition coefficient (Wildman–Crippen LogP) is 1.33. The molecular formula is C9H22N2. The van der Waals surface area contributed by atoms with Crippen LogP contribution in [0.5, 0.6) is 0 Å². The van der Waals surface area contributed by atoms with Crippen LogP contribution in [0.3, 0.4) is 0 Å². The first-order chi connectivity index (χ1) is 5.17. The van der Waals surface area contributed by atoms with Crippen molar-refractivity contribution in [3.63, 3.8) is 0 Å². The molecule has 2 heteroatoms. The molecule has 0 radical (unpaired) electrons. The highest BCUT2D eigenvalue weighted by atomic mass is 15.2. The van der Waals surface area contributed by atoms with Gasteiger partial charge < -0.3 is 5.32 Å². The van der Waals surface area contributed by atoms with Crippen molar-refractivity contribution in [2.24, 2.45) is 0 Å². The Bertz CT molecular complexity index is 120. The smallest absolute Gasteiger partial charge is 0.0151 e. The van der Waals surface area contributed by atoms with Crippen molar-refractivity contribution in [1.82, 2.24) is 10.2 Å². The van der Waals surface area contributed by atoms with E-state index in [9.17, 15) is 0 Å². The van der Waals surface area contributed by atoms with Crippen molar-refractivity contribution in [1.29, 1.82) is 0 Å². The molecule has 1 heterocycles. The van der Waals surface area contributed by atoms with Crippen LogP contribution in [-0.4, -0.2) is 36.6 Å². The van der Waals surface area contributed by atoms with E-state index in [4.69, 9.17) is 0 Å². The van der Waals surface area contributed by atoms with Crippen LogP contribution in [0, 0.1) is 0 Å². The Morgan fingerprint density at radius 2 is 1.91 bits per heavy atom. The molecule has 0 spiro atoms. The molecule has 1 N–H and O–H groups in total. The first kappa shape index (κ1) is 9.01. The van der Waals surface area contributed by atoms with E-state index in [2.05, 4.69) is 31.0 Å². The molecule has 0 saturated carbocycles. The zero-order chi connectivity index (χ0) is 8.32. The van der Waals surface area contributed by atoms with Crippen molar-refractivity contribution in [3.8, 4) is 0 Å². The maximum atomic E-state index is 3.37. The molecule has 0 aromatic rings. The largest absolute Gasteiger partial charge is 0.314 e. The Morgan fingerprint density at radius 1 is 1.36 bits per heavy atom. The van der Waals surface area contributed by atoms with Gasteiger partial charge in [-0.1, -0.05) is 6.92 Å². The molecule has 0 amide bonds. The van der Waals surface area contributed by atoms with Gasteiger partial charge in [-0.05, 0) is 20.3 Å². The second-order valence-corrected chi connectivity index (χ2v) is 3.90. The summed E-state index contributed by atoms with van der Waals surface area (Å²) in [4.78, 5) is 2.57. The van der Waals surface area contributed by atoms with Gasteiger partial charge in [0.2, 0.25) is 0 Å². The van der Waals surface area contributed by atoms with Gasteiger partial charge in [0.1, 0.15) is 0 Å². The number of hydrogen-bond acceptors (Lipinski definition) is 2. The topological polar surface area (TPSA) is 15.3 Å². The number of nitrogens with zero attached hydrogens (tertiary/aromatic N) is 1. The van der Waals surface area contributed by atoms with E-state index in [0.29, 0.717) is 5.54 Å². The Labute approximate surface area is 71.4 Å². The van der Waals surface area contributed by atoms with Crippen molar-refractivity contribution in [3.05, 3.63) is 0 Å². The lowest BCUT2D eigenvalue weighted by Gasteiger charge is -2.40. The Hall–Kier alpha value is -0.0800. The van der Waals surface area contributed by atoms with Gasteiger partial charge >= 0.3 is 0 Å². The lowest BCUT2D eigenvalue weighted by Crippen LogP contribution is -2.53. The number of hydrogen-bond donors (Lipinski definition) is 1. The highest BCUT2D eigenvalue weighted by molar-refractivity contribution is 4.82. The summed E-state index contributed by atoms with van der Waals surface area (Å²) in [6.07, 6.45) is 1.24. The highest BCUT2D eigenvalue weighted by Gasteiger charge is 2.25. The molecule has 2 nitrogen and oxygen atoms in total. The van der Waals surface area contributed by atoms with Crippen LogP contribution in [0.15, 0.2) is 0 Å². The summed E-state index contributed by atoms with van der Waals surface area (Å²) >= 11 is 0. The zero-order valence-electron chi connectivity index (χ0n) is 7.98. The van der Waals surface area contributed by atoms with E-state index in [-0.39, 0.29) is 1.43 Å². The fourth-order valence-electron chi connectivity index (χ4n) is 1.49. The average molecular weight is 158 g/mol. The van der Waals surface area contributed by atoms with E-state index in [1.165, 1.54) is 19.5 Å². The molecule has 0 aliphatic carbocycles. The number of piperazine rings is 1. The van der Waals surface area contributed by atoms with E-state index in [0.717, 1.165) is 13.1 Å². The van der Waals surface area contributed by atoms with Crippen molar-refractivity contribution < 1.29 is 1.43 Å². The first-order valence-corrected chi connectivity index (χ1v) is 4.62. The Kier molecular flexibility index (Phi) is 2.90. The molecule has 1 aliphatic rings. The third-order valence-electron chi connectivity index (χ3n) is 2.84. The zero-order valence-corrected chi connectivity index (χ0v) is 7.98. The maximum absolute atomic E-state index is 3.37. The average Bonchev–Trinajstić information content (AvgIpc) is 2.06. The third kappa shape index (κ3) is 2.17. The summed E-state index contributed by atoms with van der Waals surface area (Å²) < 4.78 is 0. The molecule has 0 aromatic heterocycles. The second-order valence-electron chi connectivity index (χ2n) is 3.90. The lowest BCUT2D eigenvalue weighted by molar-refractivity contribution is 0.100. The van der Waals surface area contributed by atoms with E-state index in [1.54, 1.807) is 0 Å². The maximum Gasteiger partial charge on any atom is 0.0151 e. The molecule has 0 unspecified atom stereocenters. The van der Waals surface area contributed by atoms with Gasteiger partial charge in [0.15, 0.2) is 0 Å². The normalized spacial score (nSPS) is 22.1. The van der Waals surface area contributed by atoms with Crippen LogP contribution < -0.4 is 5.32 Å². The molecule has 0 aromatic carbocycles. The van der Waals surface area contributed by atoms with Crippen LogP contribution in [0.1, 0.15) is 28.6 Å². The van der Waals surface area contributed by atoms with Crippen LogP contribution in [0.25, 0.3) is 0 Å². The van der Waals surface area contributed by atoms with E-state index >= 15 is 0 Å². The van der Waals surface area contributed by atoms with Crippen molar-refractivity contribution in [2.75, 3.05) is 26.2 Å². The predicted molar refractivity (Wildman–Crippen MR) is 50.9 cm³/mol. The second kappa shape index (κ2) is 3.55. The van der Waals surface area contributed by atoms with Gasteiger partial charge in [0.25, 0.3) is 0 Å². The van der Waals surface area contributed by atoms with Crippen LogP contribution in [0.2, 0.25) is 0 Å². The fourth-order valence-corrected chi connectivity index (χ4v) is 1.49. The summed E-state index contributed by atoms with van der Waals surface area (Å²) in [5.41, 5.74) is 0.405. The summed E-state index contributed by atoms with van der Waals surface area (Å²) in [7, 11) is 0. The number of nitrogens with one attached hydrogen (secondary N) is 1. The van der Waals surface area contributed by atoms with E-state index < -0.39 is 0 Å². The monoisotopic (exact) mass is 158 g/mol.